The molecule has 0 radical (unpaired) electrons. The van der Waals surface area contributed by atoms with Crippen molar-refractivity contribution in [1.82, 2.24) is 5.32 Å². The van der Waals surface area contributed by atoms with Gasteiger partial charge in [-0.1, -0.05) is 6.08 Å². The minimum atomic E-state index is 0.279. The SMILES string of the molecule is C=CC(C)NCc1cc(Br)c(OCC)c(OC)c1. The minimum Gasteiger partial charge on any atom is -0.493 e. The van der Waals surface area contributed by atoms with E-state index in [0.717, 1.165) is 28.1 Å². The van der Waals surface area contributed by atoms with Crippen molar-refractivity contribution in [1.29, 1.82) is 0 Å². The van der Waals surface area contributed by atoms with Gasteiger partial charge in [0.25, 0.3) is 0 Å². The molecule has 0 heterocycles. The van der Waals surface area contributed by atoms with Crippen LogP contribution in [0.2, 0.25) is 0 Å². The molecular weight excluding hydrogens is 294 g/mol. The fraction of sp³-hybridized carbons (Fsp3) is 0.429. The summed E-state index contributed by atoms with van der Waals surface area (Å²) in [5, 5.41) is 3.34. The molecule has 1 aromatic carbocycles. The summed E-state index contributed by atoms with van der Waals surface area (Å²) < 4.78 is 11.8. The number of ether oxygens (including phenoxy) is 2. The van der Waals surface area contributed by atoms with Crippen molar-refractivity contribution in [2.45, 2.75) is 26.4 Å². The van der Waals surface area contributed by atoms with Gasteiger partial charge in [0.2, 0.25) is 0 Å². The van der Waals surface area contributed by atoms with E-state index in [0.29, 0.717) is 6.61 Å². The van der Waals surface area contributed by atoms with E-state index >= 15 is 0 Å². The molecule has 100 valence electrons. The minimum absolute atomic E-state index is 0.279. The molecule has 3 nitrogen and oxygen atoms in total. The van der Waals surface area contributed by atoms with Gasteiger partial charge in [-0.15, -0.1) is 6.58 Å². The molecule has 0 aliphatic rings. The molecule has 0 amide bonds. The Labute approximate surface area is 117 Å². The van der Waals surface area contributed by atoms with Crippen molar-refractivity contribution in [3.05, 3.63) is 34.8 Å². The second kappa shape index (κ2) is 7.44. The molecule has 1 unspecified atom stereocenters. The maximum Gasteiger partial charge on any atom is 0.175 e. The summed E-state index contributed by atoms with van der Waals surface area (Å²) in [5.41, 5.74) is 1.14. The van der Waals surface area contributed by atoms with Gasteiger partial charge in [0.05, 0.1) is 18.2 Å². The van der Waals surface area contributed by atoms with Crippen LogP contribution in [0.25, 0.3) is 0 Å². The van der Waals surface area contributed by atoms with Crippen LogP contribution in [0.3, 0.4) is 0 Å². The zero-order valence-electron chi connectivity index (χ0n) is 11.1. The van der Waals surface area contributed by atoms with E-state index in [4.69, 9.17) is 9.47 Å². The lowest BCUT2D eigenvalue weighted by Gasteiger charge is -2.14. The van der Waals surface area contributed by atoms with Crippen LogP contribution < -0.4 is 14.8 Å². The standard InChI is InChI=1S/C14H20BrNO2/c1-5-10(3)16-9-11-7-12(15)14(18-6-2)13(8-11)17-4/h5,7-8,10,16H,1,6,9H2,2-4H3. The summed E-state index contributed by atoms with van der Waals surface area (Å²) in [6, 6.07) is 4.30. The summed E-state index contributed by atoms with van der Waals surface area (Å²) in [7, 11) is 1.65. The molecule has 0 bridgehead atoms. The zero-order chi connectivity index (χ0) is 13.5. The highest BCUT2D eigenvalue weighted by Gasteiger charge is 2.11. The van der Waals surface area contributed by atoms with E-state index in [9.17, 15) is 0 Å². The Morgan fingerprint density at radius 1 is 1.50 bits per heavy atom. The van der Waals surface area contributed by atoms with Gasteiger partial charge in [-0.25, -0.2) is 0 Å². The molecule has 0 saturated carbocycles. The predicted molar refractivity (Wildman–Crippen MR) is 78.4 cm³/mol. The van der Waals surface area contributed by atoms with Gasteiger partial charge < -0.3 is 14.8 Å². The predicted octanol–water partition coefficient (Wildman–Crippen LogP) is 3.52. The van der Waals surface area contributed by atoms with E-state index in [-0.39, 0.29) is 6.04 Å². The summed E-state index contributed by atoms with van der Waals surface area (Å²) >= 11 is 3.51. The lowest BCUT2D eigenvalue weighted by Crippen LogP contribution is -2.22. The van der Waals surface area contributed by atoms with Crippen molar-refractivity contribution < 1.29 is 9.47 Å². The summed E-state index contributed by atoms with van der Waals surface area (Å²) in [5.74, 6) is 1.50. The average Bonchev–Trinajstić information content (AvgIpc) is 2.38. The summed E-state index contributed by atoms with van der Waals surface area (Å²) in [4.78, 5) is 0. The van der Waals surface area contributed by atoms with Crippen LogP contribution in [0.5, 0.6) is 11.5 Å². The molecular formula is C14H20BrNO2. The van der Waals surface area contributed by atoms with Crippen LogP contribution in [0.15, 0.2) is 29.3 Å². The third-order valence-corrected chi connectivity index (χ3v) is 3.15. The number of hydrogen-bond donors (Lipinski definition) is 1. The molecule has 1 rings (SSSR count). The molecule has 1 N–H and O–H groups in total. The highest BCUT2D eigenvalue weighted by molar-refractivity contribution is 9.10. The summed E-state index contributed by atoms with van der Waals surface area (Å²) in [6.45, 7) is 9.13. The number of methoxy groups -OCH3 is 1. The van der Waals surface area contributed by atoms with Crippen LogP contribution in [-0.2, 0) is 6.54 Å². The molecule has 0 aliphatic heterocycles. The molecule has 0 fully saturated rings. The molecule has 1 atom stereocenters. The number of benzene rings is 1. The van der Waals surface area contributed by atoms with Gasteiger partial charge in [0.1, 0.15) is 0 Å². The van der Waals surface area contributed by atoms with Gasteiger partial charge in [0.15, 0.2) is 11.5 Å². The Morgan fingerprint density at radius 2 is 2.22 bits per heavy atom. The maximum absolute atomic E-state index is 5.55. The Morgan fingerprint density at radius 3 is 2.78 bits per heavy atom. The van der Waals surface area contributed by atoms with E-state index < -0.39 is 0 Å². The lowest BCUT2D eigenvalue weighted by atomic mass is 10.2. The Bertz CT molecular complexity index is 407. The van der Waals surface area contributed by atoms with Crippen LogP contribution in [0, 0.1) is 0 Å². The largest absolute Gasteiger partial charge is 0.493 e. The van der Waals surface area contributed by atoms with Crippen molar-refractivity contribution in [3.63, 3.8) is 0 Å². The van der Waals surface area contributed by atoms with E-state index in [2.05, 4.69) is 34.7 Å². The van der Waals surface area contributed by atoms with Gasteiger partial charge in [-0.05, 0) is 47.5 Å². The first-order chi connectivity index (χ1) is 8.62. The fourth-order valence-corrected chi connectivity index (χ4v) is 2.13. The molecule has 1 aromatic rings. The normalized spacial score (nSPS) is 12.0. The highest BCUT2D eigenvalue weighted by atomic mass is 79.9. The third-order valence-electron chi connectivity index (χ3n) is 2.56. The molecule has 0 saturated heterocycles. The Balaban J connectivity index is 2.88. The quantitative estimate of drug-likeness (QED) is 0.781. The first-order valence-corrected chi connectivity index (χ1v) is 6.76. The monoisotopic (exact) mass is 313 g/mol. The van der Waals surface area contributed by atoms with E-state index in [1.165, 1.54) is 0 Å². The first kappa shape index (κ1) is 15.1. The Hall–Kier alpha value is -1.00. The van der Waals surface area contributed by atoms with Gasteiger partial charge in [-0.3, -0.25) is 0 Å². The highest BCUT2D eigenvalue weighted by Crippen LogP contribution is 2.36. The molecule has 0 spiro atoms. The maximum atomic E-state index is 5.55. The van der Waals surface area contributed by atoms with Crippen molar-refractivity contribution in [3.8, 4) is 11.5 Å². The Kier molecular flexibility index (Phi) is 6.22. The van der Waals surface area contributed by atoms with E-state index in [1.807, 2.05) is 25.1 Å². The molecule has 18 heavy (non-hydrogen) atoms. The smallest absolute Gasteiger partial charge is 0.175 e. The lowest BCUT2D eigenvalue weighted by molar-refractivity contribution is 0.308. The number of rotatable bonds is 7. The average molecular weight is 314 g/mol. The van der Waals surface area contributed by atoms with Crippen molar-refractivity contribution in [2.24, 2.45) is 0 Å². The number of nitrogens with one attached hydrogen (secondary N) is 1. The first-order valence-electron chi connectivity index (χ1n) is 5.97. The van der Waals surface area contributed by atoms with Crippen molar-refractivity contribution >= 4 is 15.9 Å². The molecule has 4 heteroatoms. The van der Waals surface area contributed by atoms with Crippen LogP contribution in [0.1, 0.15) is 19.4 Å². The van der Waals surface area contributed by atoms with Gasteiger partial charge in [0, 0.05) is 12.6 Å². The van der Waals surface area contributed by atoms with Crippen LogP contribution in [-0.4, -0.2) is 19.8 Å². The third kappa shape index (κ3) is 4.03. The molecule has 0 aromatic heterocycles. The van der Waals surface area contributed by atoms with Crippen LogP contribution >= 0.6 is 15.9 Å². The second-order valence-electron chi connectivity index (χ2n) is 3.95. The van der Waals surface area contributed by atoms with E-state index in [1.54, 1.807) is 7.11 Å². The fourth-order valence-electron chi connectivity index (χ4n) is 1.52. The van der Waals surface area contributed by atoms with Gasteiger partial charge >= 0.3 is 0 Å². The van der Waals surface area contributed by atoms with Gasteiger partial charge in [-0.2, -0.15) is 0 Å². The molecule has 0 aliphatic carbocycles. The zero-order valence-corrected chi connectivity index (χ0v) is 12.7. The number of halogens is 1. The topological polar surface area (TPSA) is 30.5 Å². The van der Waals surface area contributed by atoms with Crippen molar-refractivity contribution in [2.75, 3.05) is 13.7 Å². The number of hydrogen-bond acceptors (Lipinski definition) is 3. The summed E-state index contributed by atoms with van der Waals surface area (Å²) in [6.07, 6.45) is 1.88. The second-order valence-corrected chi connectivity index (χ2v) is 4.80. The van der Waals surface area contributed by atoms with Crippen LogP contribution in [0.4, 0.5) is 0 Å².